The first-order valence-corrected chi connectivity index (χ1v) is 10.1. The zero-order chi connectivity index (χ0) is 21.4. The number of anilines is 2. The Kier molecular flexibility index (Phi) is 4.58. The number of pyridine rings is 1. The van der Waals surface area contributed by atoms with Gasteiger partial charge in [0.25, 0.3) is 0 Å². The van der Waals surface area contributed by atoms with Crippen LogP contribution in [0, 0.1) is 0 Å². The fourth-order valence-corrected chi connectivity index (χ4v) is 3.82. The SMILES string of the molecule is CC(=O)Nc1cccc(-c2ccc(NC(=O)C3(c4ccc5c(c4)OCO5)CC3)nc2)c1.[HH].[HH]. The minimum atomic E-state index is -0.548. The van der Waals surface area contributed by atoms with Crippen molar-refractivity contribution in [2.24, 2.45) is 0 Å². The molecule has 0 saturated heterocycles. The zero-order valence-corrected chi connectivity index (χ0v) is 17.0. The van der Waals surface area contributed by atoms with Gasteiger partial charge in [-0.3, -0.25) is 9.59 Å². The maximum atomic E-state index is 13.0. The molecule has 1 aromatic heterocycles. The molecule has 7 nitrogen and oxygen atoms in total. The second-order valence-corrected chi connectivity index (χ2v) is 7.80. The number of rotatable bonds is 5. The van der Waals surface area contributed by atoms with Crippen molar-refractivity contribution >= 4 is 23.3 Å². The Bertz CT molecular complexity index is 1180. The predicted molar refractivity (Wildman–Crippen MR) is 120 cm³/mol. The molecule has 31 heavy (non-hydrogen) atoms. The van der Waals surface area contributed by atoms with E-state index in [0.29, 0.717) is 17.3 Å². The van der Waals surface area contributed by atoms with Gasteiger partial charge in [0.2, 0.25) is 18.6 Å². The van der Waals surface area contributed by atoms with Gasteiger partial charge < -0.3 is 20.1 Å². The molecule has 2 aliphatic rings. The van der Waals surface area contributed by atoms with E-state index < -0.39 is 5.41 Å². The van der Waals surface area contributed by atoms with Gasteiger partial charge >= 0.3 is 0 Å². The van der Waals surface area contributed by atoms with Crippen LogP contribution in [0.4, 0.5) is 11.5 Å². The molecule has 7 heteroatoms. The molecular formula is C24H25N3O4. The molecule has 1 aliphatic heterocycles. The Labute approximate surface area is 182 Å². The average molecular weight is 419 g/mol. The normalized spacial score (nSPS) is 15.3. The minimum Gasteiger partial charge on any atom is -0.454 e. The molecule has 160 valence electrons. The van der Waals surface area contributed by atoms with Crippen LogP contribution in [0.2, 0.25) is 0 Å². The Morgan fingerprint density at radius 3 is 2.55 bits per heavy atom. The molecule has 3 aromatic rings. The molecule has 0 radical (unpaired) electrons. The van der Waals surface area contributed by atoms with Gasteiger partial charge in [-0.2, -0.15) is 0 Å². The van der Waals surface area contributed by atoms with Gasteiger partial charge in [-0.1, -0.05) is 18.2 Å². The maximum Gasteiger partial charge on any atom is 0.236 e. The molecule has 2 N–H and O–H groups in total. The summed E-state index contributed by atoms with van der Waals surface area (Å²) in [6, 6.07) is 16.9. The van der Waals surface area contributed by atoms with E-state index in [1.807, 2.05) is 48.5 Å². The summed E-state index contributed by atoms with van der Waals surface area (Å²) in [5.41, 5.74) is 2.92. The summed E-state index contributed by atoms with van der Waals surface area (Å²) in [6.07, 6.45) is 3.28. The highest BCUT2D eigenvalue weighted by molar-refractivity contribution is 6.01. The standard InChI is InChI=1S/C24H21N3O4.2H2/c1-15(28)26-19-4-2-3-16(11-19)17-5-8-22(25-13-17)27-23(29)24(9-10-24)18-6-7-20-21(12-18)31-14-30-20;;/h2-8,11-13H,9-10,14H2,1H3,(H,26,28)(H,25,27,29);2*1H. The van der Waals surface area contributed by atoms with Crippen molar-refractivity contribution in [1.82, 2.24) is 4.98 Å². The number of carbonyl (C=O) groups excluding carboxylic acids is 2. The van der Waals surface area contributed by atoms with E-state index >= 15 is 0 Å². The second-order valence-electron chi connectivity index (χ2n) is 7.80. The van der Waals surface area contributed by atoms with E-state index in [-0.39, 0.29) is 21.5 Å². The van der Waals surface area contributed by atoms with Crippen molar-refractivity contribution in [3.8, 4) is 22.6 Å². The van der Waals surface area contributed by atoms with Crippen LogP contribution in [-0.2, 0) is 15.0 Å². The third-order valence-electron chi connectivity index (χ3n) is 5.63. The van der Waals surface area contributed by atoms with Gasteiger partial charge in [-0.15, -0.1) is 0 Å². The summed E-state index contributed by atoms with van der Waals surface area (Å²) in [5.74, 6) is 1.70. The number of fused-ring (bicyclic) bond motifs is 1. The quantitative estimate of drug-likeness (QED) is 0.631. The number of hydrogen-bond acceptors (Lipinski definition) is 5. The van der Waals surface area contributed by atoms with Crippen LogP contribution in [-0.4, -0.2) is 23.6 Å². The van der Waals surface area contributed by atoms with Crippen molar-refractivity contribution in [2.45, 2.75) is 25.2 Å². The highest BCUT2D eigenvalue weighted by atomic mass is 16.7. The van der Waals surface area contributed by atoms with Gasteiger partial charge in [0.15, 0.2) is 11.5 Å². The first-order chi connectivity index (χ1) is 15.0. The Hall–Kier alpha value is -3.87. The summed E-state index contributed by atoms with van der Waals surface area (Å²) < 4.78 is 10.8. The first kappa shape index (κ1) is 19.1. The van der Waals surface area contributed by atoms with Gasteiger partial charge in [0, 0.05) is 27.2 Å². The lowest BCUT2D eigenvalue weighted by Crippen LogP contribution is -2.28. The van der Waals surface area contributed by atoms with Crippen molar-refractivity contribution < 1.29 is 21.9 Å². The summed E-state index contributed by atoms with van der Waals surface area (Å²) in [4.78, 5) is 28.7. The number of ether oxygens (including phenoxy) is 2. The summed E-state index contributed by atoms with van der Waals surface area (Å²) in [6.45, 7) is 1.68. The number of amides is 2. The maximum absolute atomic E-state index is 13.0. The van der Waals surface area contributed by atoms with Gasteiger partial charge in [-0.05, 0) is 60.4 Å². The smallest absolute Gasteiger partial charge is 0.236 e. The van der Waals surface area contributed by atoms with Gasteiger partial charge in [0.05, 0.1) is 5.41 Å². The molecule has 1 saturated carbocycles. The van der Waals surface area contributed by atoms with Crippen molar-refractivity contribution in [3.63, 3.8) is 0 Å². The molecule has 0 atom stereocenters. The molecule has 2 amide bonds. The van der Waals surface area contributed by atoms with Crippen LogP contribution in [0.5, 0.6) is 11.5 Å². The fourth-order valence-electron chi connectivity index (χ4n) is 3.82. The van der Waals surface area contributed by atoms with E-state index in [1.165, 1.54) is 6.92 Å². The molecule has 5 rings (SSSR count). The molecular weight excluding hydrogens is 394 g/mol. The van der Waals surface area contributed by atoms with Crippen molar-refractivity contribution in [2.75, 3.05) is 17.4 Å². The van der Waals surface area contributed by atoms with E-state index in [0.717, 1.165) is 35.2 Å². The van der Waals surface area contributed by atoms with E-state index in [2.05, 4.69) is 15.6 Å². The predicted octanol–water partition coefficient (Wildman–Crippen LogP) is 4.60. The minimum absolute atomic E-state index is 0. The number of aromatic nitrogens is 1. The number of benzene rings is 2. The number of nitrogens with one attached hydrogen (secondary N) is 2. The number of hydrogen-bond donors (Lipinski definition) is 2. The molecule has 2 aromatic carbocycles. The van der Waals surface area contributed by atoms with Crippen LogP contribution >= 0.6 is 0 Å². The Balaban J connectivity index is 0.00000153. The zero-order valence-electron chi connectivity index (χ0n) is 17.0. The number of carbonyl (C=O) groups is 2. The van der Waals surface area contributed by atoms with Crippen molar-refractivity contribution in [1.29, 1.82) is 0 Å². The third-order valence-corrected chi connectivity index (χ3v) is 5.63. The fraction of sp³-hybridized carbons (Fsp3) is 0.208. The first-order valence-electron chi connectivity index (χ1n) is 10.1. The van der Waals surface area contributed by atoms with E-state index in [1.54, 1.807) is 12.3 Å². The molecule has 2 heterocycles. The van der Waals surface area contributed by atoms with Crippen LogP contribution in [0.15, 0.2) is 60.8 Å². The van der Waals surface area contributed by atoms with E-state index in [9.17, 15) is 9.59 Å². The monoisotopic (exact) mass is 419 g/mol. The molecule has 0 unspecified atom stereocenters. The second kappa shape index (κ2) is 7.43. The van der Waals surface area contributed by atoms with Crippen LogP contribution in [0.3, 0.4) is 0 Å². The van der Waals surface area contributed by atoms with Gasteiger partial charge in [0.1, 0.15) is 5.82 Å². The highest BCUT2D eigenvalue weighted by Crippen LogP contribution is 2.51. The highest BCUT2D eigenvalue weighted by Gasteiger charge is 2.51. The third kappa shape index (κ3) is 3.70. The lowest BCUT2D eigenvalue weighted by molar-refractivity contribution is -0.118. The lowest BCUT2D eigenvalue weighted by atomic mass is 9.94. The Morgan fingerprint density at radius 2 is 1.81 bits per heavy atom. The number of nitrogens with zero attached hydrogens (tertiary/aromatic N) is 1. The average Bonchev–Trinajstić information content (AvgIpc) is 3.45. The van der Waals surface area contributed by atoms with Crippen LogP contribution < -0.4 is 20.1 Å². The lowest BCUT2D eigenvalue weighted by Gasteiger charge is -2.16. The Morgan fingerprint density at radius 1 is 0.968 bits per heavy atom. The molecule has 0 spiro atoms. The molecule has 1 aliphatic carbocycles. The topological polar surface area (TPSA) is 89.6 Å². The van der Waals surface area contributed by atoms with Crippen molar-refractivity contribution in [3.05, 3.63) is 66.4 Å². The summed E-state index contributed by atoms with van der Waals surface area (Å²) in [7, 11) is 0. The molecule has 0 bridgehead atoms. The molecule has 1 fully saturated rings. The van der Waals surface area contributed by atoms with Crippen LogP contribution in [0.1, 0.15) is 28.2 Å². The van der Waals surface area contributed by atoms with E-state index in [4.69, 9.17) is 9.47 Å². The summed E-state index contributed by atoms with van der Waals surface area (Å²) in [5, 5.41) is 5.72. The largest absolute Gasteiger partial charge is 0.454 e. The van der Waals surface area contributed by atoms with Crippen LogP contribution in [0.25, 0.3) is 11.1 Å². The summed E-state index contributed by atoms with van der Waals surface area (Å²) >= 11 is 0. The van der Waals surface area contributed by atoms with Gasteiger partial charge in [-0.25, -0.2) is 4.98 Å².